The van der Waals surface area contributed by atoms with Gasteiger partial charge in [0.15, 0.2) is 5.82 Å². The van der Waals surface area contributed by atoms with Crippen LogP contribution in [0, 0.1) is 0 Å². The molecule has 0 bridgehead atoms. The molecule has 4 heteroatoms. The fourth-order valence-corrected chi connectivity index (χ4v) is 1.63. The summed E-state index contributed by atoms with van der Waals surface area (Å²) in [6.45, 7) is 1.13. The Balaban J connectivity index is 2.22. The predicted octanol–water partition coefficient (Wildman–Crippen LogP) is 0.0725. The minimum atomic E-state index is 0.571. The van der Waals surface area contributed by atoms with Gasteiger partial charge in [-0.05, 0) is 0 Å². The van der Waals surface area contributed by atoms with Gasteiger partial charge in [0, 0.05) is 7.05 Å². The molecule has 3 rings (SSSR count). The number of nitrogens with zero attached hydrogens (tertiary/aromatic N) is 4. The smallest absolute Gasteiger partial charge is 0.157 e. The van der Waals surface area contributed by atoms with Crippen molar-refractivity contribution in [3.05, 3.63) is 12.5 Å². The van der Waals surface area contributed by atoms with Crippen LogP contribution in [0.15, 0.2) is 12.5 Å². The predicted molar refractivity (Wildman–Crippen MR) is 41.6 cm³/mol. The van der Waals surface area contributed by atoms with E-state index in [1.807, 2.05) is 6.20 Å². The molecule has 56 valence electrons. The Morgan fingerprint density at radius 3 is 3.36 bits per heavy atom. The topological polar surface area (TPSA) is 32.0 Å². The Labute approximate surface area is 64.5 Å². The lowest BCUT2D eigenvalue weighted by atomic mass is 10.4. The third kappa shape index (κ3) is 0.506. The first-order valence-electron chi connectivity index (χ1n) is 3.67. The highest BCUT2D eigenvalue weighted by Crippen LogP contribution is 2.43. The summed E-state index contributed by atoms with van der Waals surface area (Å²) >= 11 is 0. The van der Waals surface area contributed by atoms with E-state index in [1.165, 1.54) is 0 Å². The number of anilines is 2. The van der Waals surface area contributed by atoms with Gasteiger partial charge in [0.05, 0.1) is 12.7 Å². The molecular formula is C7H8N4. The van der Waals surface area contributed by atoms with E-state index in [2.05, 4.69) is 26.8 Å². The lowest BCUT2D eigenvalue weighted by molar-refractivity contribution is 0.957. The molecule has 1 fully saturated rings. The summed E-state index contributed by atoms with van der Waals surface area (Å²) in [7, 11) is 2.08. The Bertz CT molecular complexity index is 296. The third-order valence-corrected chi connectivity index (χ3v) is 2.36. The van der Waals surface area contributed by atoms with Crippen LogP contribution in [0.3, 0.4) is 0 Å². The van der Waals surface area contributed by atoms with Gasteiger partial charge in [0.25, 0.3) is 0 Å². The lowest BCUT2D eigenvalue weighted by Crippen LogP contribution is -2.18. The van der Waals surface area contributed by atoms with Crippen LogP contribution < -0.4 is 9.80 Å². The summed E-state index contributed by atoms with van der Waals surface area (Å²) in [5, 5.41) is 0. The van der Waals surface area contributed by atoms with E-state index in [0.717, 1.165) is 18.1 Å². The standard InChI is InChI=1S/C7H8N4/c1-10-5-2-8-4-9-7(5)11-3-6(10)11/h2,4,6H,3H2,1H3/t6-,11?/m1/s1. The Morgan fingerprint density at radius 1 is 1.64 bits per heavy atom. The van der Waals surface area contributed by atoms with Crippen molar-refractivity contribution in [3.63, 3.8) is 0 Å². The first-order valence-corrected chi connectivity index (χ1v) is 3.67. The van der Waals surface area contributed by atoms with Gasteiger partial charge < -0.3 is 9.80 Å². The zero-order valence-electron chi connectivity index (χ0n) is 6.23. The first-order chi connectivity index (χ1) is 5.38. The SMILES string of the molecule is CN1c2cncnc2N2C[C@H]12. The van der Waals surface area contributed by atoms with Crippen LogP contribution in [0.2, 0.25) is 0 Å². The molecule has 0 aromatic carbocycles. The Hall–Kier alpha value is -1.32. The maximum Gasteiger partial charge on any atom is 0.157 e. The van der Waals surface area contributed by atoms with Gasteiger partial charge in [-0.15, -0.1) is 0 Å². The summed E-state index contributed by atoms with van der Waals surface area (Å²) in [6, 6.07) is 0. The molecule has 11 heavy (non-hydrogen) atoms. The quantitative estimate of drug-likeness (QED) is 0.487. The number of hydrogen-bond donors (Lipinski definition) is 0. The minimum Gasteiger partial charge on any atom is -0.348 e. The molecule has 2 aliphatic heterocycles. The van der Waals surface area contributed by atoms with Gasteiger partial charge >= 0.3 is 0 Å². The van der Waals surface area contributed by atoms with Crippen molar-refractivity contribution in [3.8, 4) is 0 Å². The van der Waals surface area contributed by atoms with Crippen molar-refractivity contribution in [2.45, 2.75) is 6.17 Å². The summed E-state index contributed by atoms with van der Waals surface area (Å²) in [4.78, 5) is 12.7. The molecular weight excluding hydrogens is 140 g/mol. The second kappa shape index (κ2) is 1.47. The molecule has 0 saturated carbocycles. The Morgan fingerprint density at radius 2 is 2.55 bits per heavy atom. The van der Waals surface area contributed by atoms with Gasteiger partial charge in [-0.25, -0.2) is 9.97 Å². The van der Waals surface area contributed by atoms with Gasteiger partial charge in [-0.3, -0.25) is 0 Å². The molecule has 0 aliphatic carbocycles. The summed E-state index contributed by atoms with van der Waals surface area (Å²) in [5.74, 6) is 1.09. The molecule has 0 spiro atoms. The van der Waals surface area contributed by atoms with Gasteiger partial charge in [-0.1, -0.05) is 0 Å². The average molecular weight is 148 g/mol. The molecule has 1 aromatic rings. The molecule has 3 heterocycles. The van der Waals surface area contributed by atoms with Crippen LogP contribution >= 0.6 is 0 Å². The largest absolute Gasteiger partial charge is 0.348 e. The van der Waals surface area contributed by atoms with Crippen molar-refractivity contribution in [2.24, 2.45) is 0 Å². The zero-order valence-corrected chi connectivity index (χ0v) is 6.23. The van der Waals surface area contributed by atoms with E-state index >= 15 is 0 Å². The van der Waals surface area contributed by atoms with Crippen LogP contribution in [0.4, 0.5) is 11.5 Å². The molecule has 2 aliphatic rings. The fraction of sp³-hybridized carbons (Fsp3) is 0.429. The van der Waals surface area contributed by atoms with E-state index in [4.69, 9.17) is 0 Å². The van der Waals surface area contributed by atoms with Gasteiger partial charge in [0.1, 0.15) is 18.2 Å². The normalized spacial score (nSPS) is 25.0. The second-order valence-electron chi connectivity index (χ2n) is 2.98. The van der Waals surface area contributed by atoms with Crippen molar-refractivity contribution in [1.29, 1.82) is 0 Å². The van der Waals surface area contributed by atoms with Crippen molar-refractivity contribution in [1.82, 2.24) is 9.97 Å². The van der Waals surface area contributed by atoms with Crippen molar-refractivity contribution >= 4 is 11.5 Å². The molecule has 0 N–H and O–H groups in total. The molecule has 0 unspecified atom stereocenters. The molecule has 1 saturated heterocycles. The highest BCUT2D eigenvalue weighted by Gasteiger charge is 2.47. The maximum atomic E-state index is 4.21. The molecule has 0 radical (unpaired) electrons. The molecule has 4 nitrogen and oxygen atoms in total. The zero-order chi connectivity index (χ0) is 7.42. The number of likely N-dealkylation sites (N-methyl/N-ethyl adjacent to an activating group) is 1. The van der Waals surface area contributed by atoms with Crippen LogP contribution in [-0.4, -0.2) is 29.7 Å². The average Bonchev–Trinajstić information content (AvgIpc) is 2.78. The van der Waals surface area contributed by atoms with E-state index in [-0.39, 0.29) is 0 Å². The molecule has 1 aromatic heterocycles. The van der Waals surface area contributed by atoms with Crippen LogP contribution in [0.1, 0.15) is 0 Å². The number of aromatic nitrogens is 2. The second-order valence-corrected chi connectivity index (χ2v) is 2.98. The van der Waals surface area contributed by atoms with Gasteiger partial charge in [0.2, 0.25) is 0 Å². The van der Waals surface area contributed by atoms with Crippen molar-refractivity contribution < 1.29 is 0 Å². The summed E-state index contributed by atoms with van der Waals surface area (Å²) in [6.07, 6.45) is 4.05. The minimum absolute atomic E-state index is 0.571. The van der Waals surface area contributed by atoms with E-state index in [9.17, 15) is 0 Å². The fourth-order valence-electron chi connectivity index (χ4n) is 1.63. The number of hydrogen-bond acceptors (Lipinski definition) is 4. The number of fused-ring (bicyclic) bond motifs is 3. The lowest BCUT2D eigenvalue weighted by Gasteiger charge is -2.10. The van der Waals surface area contributed by atoms with Crippen LogP contribution in [0.5, 0.6) is 0 Å². The Kier molecular flexibility index (Phi) is 0.713. The van der Waals surface area contributed by atoms with Gasteiger partial charge in [-0.2, -0.15) is 0 Å². The third-order valence-electron chi connectivity index (χ3n) is 2.36. The van der Waals surface area contributed by atoms with E-state index < -0.39 is 0 Å². The monoisotopic (exact) mass is 148 g/mol. The van der Waals surface area contributed by atoms with E-state index in [1.54, 1.807) is 6.33 Å². The first kappa shape index (κ1) is 5.35. The van der Waals surface area contributed by atoms with Crippen molar-refractivity contribution in [2.75, 3.05) is 23.4 Å². The number of rotatable bonds is 0. The molecule has 1 atom stereocenters. The maximum absolute atomic E-state index is 4.21. The van der Waals surface area contributed by atoms with E-state index in [0.29, 0.717) is 6.17 Å². The highest BCUT2D eigenvalue weighted by atomic mass is 15.5. The highest BCUT2D eigenvalue weighted by molar-refractivity contribution is 5.77. The van der Waals surface area contributed by atoms with Crippen LogP contribution in [-0.2, 0) is 0 Å². The summed E-state index contributed by atoms with van der Waals surface area (Å²) in [5.41, 5.74) is 1.16. The summed E-state index contributed by atoms with van der Waals surface area (Å²) < 4.78 is 0. The molecule has 0 amide bonds. The van der Waals surface area contributed by atoms with Crippen LogP contribution in [0.25, 0.3) is 0 Å².